The topological polar surface area (TPSA) is 67.2 Å². The van der Waals surface area contributed by atoms with Crippen molar-refractivity contribution < 1.29 is 8.42 Å². The number of hydrogen-bond donors (Lipinski definition) is 1. The molecule has 0 amide bonds. The first kappa shape index (κ1) is 15.5. The minimum Gasteiger partial charge on any atom is -0.339 e. The Morgan fingerprint density at radius 3 is 2.60 bits per heavy atom. The quantitative estimate of drug-likeness (QED) is 0.874. The molecule has 1 aromatic heterocycles. The summed E-state index contributed by atoms with van der Waals surface area (Å²) >= 11 is 0. The van der Waals surface area contributed by atoms with E-state index in [1.807, 2.05) is 0 Å². The fourth-order valence-electron chi connectivity index (χ4n) is 2.76. The Morgan fingerprint density at radius 2 is 2.10 bits per heavy atom. The Bertz CT molecular complexity index is 532. The van der Waals surface area contributed by atoms with Gasteiger partial charge in [0.2, 0.25) is 0 Å². The fraction of sp³-hybridized carbons (Fsp3) is 0.769. The van der Waals surface area contributed by atoms with Crippen molar-refractivity contribution in [2.75, 3.05) is 19.6 Å². The monoisotopic (exact) mass is 300 g/mol. The summed E-state index contributed by atoms with van der Waals surface area (Å²) in [6.45, 7) is 6.39. The molecule has 0 radical (unpaired) electrons. The standard InChI is InChI=1S/C13H24N4O2S/c1-4-14-11(2)12-5-7-17(8-6-12)20(18,19)13-9-16(3)10-15-13/h9-12,14H,4-8H2,1-3H3. The molecule has 0 spiro atoms. The molecule has 1 fully saturated rings. The smallest absolute Gasteiger partial charge is 0.262 e. The van der Waals surface area contributed by atoms with Crippen molar-refractivity contribution in [3.63, 3.8) is 0 Å². The zero-order valence-corrected chi connectivity index (χ0v) is 13.2. The second kappa shape index (κ2) is 6.24. The SMILES string of the molecule is CCNC(C)C1CCN(S(=O)(=O)c2cn(C)cn2)CC1. The first-order valence-electron chi connectivity index (χ1n) is 7.16. The largest absolute Gasteiger partial charge is 0.339 e. The van der Waals surface area contributed by atoms with Crippen molar-refractivity contribution in [3.05, 3.63) is 12.5 Å². The van der Waals surface area contributed by atoms with Crippen LogP contribution in [0.15, 0.2) is 17.6 Å². The number of aromatic nitrogens is 2. The average Bonchev–Trinajstić information content (AvgIpc) is 2.86. The molecule has 1 aliphatic rings. The number of nitrogens with one attached hydrogen (secondary N) is 1. The number of imidazole rings is 1. The number of sulfonamides is 1. The summed E-state index contributed by atoms with van der Waals surface area (Å²) in [5, 5.41) is 3.57. The van der Waals surface area contributed by atoms with Gasteiger partial charge in [-0.25, -0.2) is 13.4 Å². The summed E-state index contributed by atoms with van der Waals surface area (Å²) < 4.78 is 28.1. The lowest BCUT2D eigenvalue weighted by Gasteiger charge is -2.34. The van der Waals surface area contributed by atoms with Crippen LogP contribution < -0.4 is 5.32 Å². The third kappa shape index (κ3) is 3.21. The zero-order chi connectivity index (χ0) is 14.8. The molecule has 2 rings (SSSR count). The van der Waals surface area contributed by atoms with Crippen molar-refractivity contribution in [2.24, 2.45) is 13.0 Å². The highest BCUT2D eigenvalue weighted by molar-refractivity contribution is 7.89. The van der Waals surface area contributed by atoms with E-state index in [9.17, 15) is 8.42 Å². The van der Waals surface area contributed by atoms with E-state index >= 15 is 0 Å². The summed E-state index contributed by atoms with van der Waals surface area (Å²) in [5.41, 5.74) is 0. The molecule has 1 N–H and O–H groups in total. The van der Waals surface area contributed by atoms with Crippen molar-refractivity contribution in [2.45, 2.75) is 37.8 Å². The maximum absolute atomic E-state index is 12.4. The van der Waals surface area contributed by atoms with Gasteiger partial charge in [-0.05, 0) is 32.2 Å². The van der Waals surface area contributed by atoms with Crippen molar-refractivity contribution in [3.8, 4) is 0 Å². The van der Waals surface area contributed by atoms with E-state index < -0.39 is 10.0 Å². The molecule has 0 bridgehead atoms. The van der Waals surface area contributed by atoms with Crippen LogP contribution in [0.5, 0.6) is 0 Å². The van der Waals surface area contributed by atoms with Crippen molar-refractivity contribution in [1.82, 2.24) is 19.2 Å². The Morgan fingerprint density at radius 1 is 1.45 bits per heavy atom. The van der Waals surface area contributed by atoms with Crippen LogP contribution in [0.3, 0.4) is 0 Å². The van der Waals surface area contributed by atoms with Gasteiger partial charge >= 0.3 is 0 Å². The highest BCUT2D eigenvalue weighted by atomic mass is 32.2. The summed E-state index contributed by atoms with van der Waals surface area (Å²) in [5.74, 6) is 0.546. The maximum Gasteiger partial charge on any atom is 0.262 e. The van der Waals surface area contributed by atoms with Gasteiger partial charge in [0.05, 0.1) is 6.33 Å². The molecule has 114 valence electrons. The summed E-state index contributed by atoms with van der Waals surface area (Å²) in [6.07, 6.45) is 4.88. The molecule has 0 saturated carbocycles. The number of hydrogen-bond acceptors (Lipinski definition) is 4. The Hall–Kier alpha value is -0.920. The highest BCUT2D eigenvalue weighted by Crippen LogP contribution is 2.24. The molecule has 20 heavy (non-hydrogen) atoms. The molecule has 0 aromatic carbocycles. The minimum absolute atomic E-state index is 0.151. The molecule has 1 saturated heterocycles. The van der Waals surface area contributed by atoms with E-state index in [0.29, 0.717) is 25.0 Å². The van der Waals surface area contributed by atoms with Crippen LogP contribution in [0.2, 0.25) is 0 Å². The molecule has 1 aliphatic heterocycles. The first-order valence-corrected chi connectivity index (χ1v) is 8.60. The van der Waals surface area contributed by atoms with Gasteiger partial charge in [-0.15, -0.1) is 0 Å². The molecule has 2 heterocycles. The van der Waals surface area contributed by atoms with E-state index in [1.165, 1.54) is 6.33 Å². The maximum atomic E-state index is 12.4. The molecule has 1 atom stereocenters. The van der Waals surface area contributed by atoms with Crippen LogP contribution >= 0.6 is 0 Å². The number of rotatable bonds is 5. The van der Waals surface area contributed by atoms with Crippen LogP contribution in [0.4, 0.5) is 0 Å². The lowest BCUT2D eigenvalue weighted by Crippen LogP contribution is -2.44. The molecule has 0 aliphatic carbocycles. The van der Waals surface area contributed by atoms with Crippen molar-refractivity contribution in [1.29, 1.82) is 0 Å². The second-order valence-electron chi connectivity index (χ2n) is 5.47. The van der Waals surface area contributed by atoms with E-state index in [0.717, 1.165) is 19.4 Å². The predicted molar refractivity (Wildman–Crippen MR) is 77.8 cm³/mol. The minimum atomic E-state index is -3.42. The molecule has 1 unspecified atom stereocenters. The van der Waals surface area contributed by atoms with Crippen LogP contribution in [0.1, 0.15) is 26.7 Å². The van der Waals surface area contributed by atoms with Crippen LogP contribution in [-0.2, 0) is 17.1 Å². The van der Waals surface area contributed by atoms with Crippen LogP contribution in [-0.4, -0.2) is 48.0 Å². The first-order chi connectivity index (χ1) is 9.45. The Labute approximate surface area is 121 Å². The van der Waals surface area contributed by atoms with Crippen molar-refractivity contribution >= 4 is 10.0 Å². The predicted octanol–water partition coefficient (Wildman–Crippen LogP) is 0.819. The van der Waals surface area contributed by atoms with Gasteiger partial charge in [0.15, 0.2) is 5.03 Å². The number of nitrogens with zero attached hydrogens (tertiary/aromatic N) is 3. The average molecular weight is 300 g/mol. The molecule has 6 nitrogen and oxygen atoms in total. The number of aryl methyl sites for hydroxylation is 1. The Kier molecular flexibility index (Phi) is 4.82. The third-order valence-corrected chi connectivity index (χ3v) is 5.80. The molecule has 7 heteroatoms. The highest BCUT2D eigenvalue weighted by Gasteiger charge is 2.32. The fourth-order valence-corrected chi connectivity index (χ4v) is 4.19. The van der Waals surface area contributed by atoms with Gasteiger partial charge in [-0.1, -0.05) is 6.92 Å². The van der Waals surface area contributed by atoms with Crippen LogP contribution in [0.25, 0.3) is 0 Å². The lowest BCUT2D eigenvalue weighted by molar-refractivity contribution is 0.232. The van der Waals surface area contributed by atoms with E-state index in [-0.39, 0.29) is 5.03 Å². The van der Waals surface area contributed by atoms with Crippen LogP contribution in [0, 0.1) is 5.92 Å². The third-order valence-electron chi connectivity index (χ3n) is 4.02. The van der Waals surface area contributed by atoms with E-state index in [1.54, 1.807) is 22.1 Å². The summed E-state index contributed by atoms with van der Waals surface area (Å²) in [7, 11) is -1.65. The van der Waals surface area contributed by atoms with Gasteiger partial charge in [0, 0.05) is 32.4 Å². The molecular formula is C13H24N4O2S. The lowest BCUT2D eigenvalue weighted by atomic mass is 9.91. The van der Waals surface area contributed by atoms with Gasteiger partial charge in [-0.2, -0.15) is 4.31 Å². The van der Waals surface area contributed by atoms with Gasteiger partial charge in [0.1, 0.15) is 0 Å². The normalized spacial score (nSPS) is 20.1. The second-order valence-corrected chi connectivity index (χ2v) is 7.35. The summed E-state index contributed by atoms with van der Waals surface area (Å²) in [4.78, 5) is 3.97. The Balaban J connectivity index is 2.00. The number of piperidine rings is 1. The zero-order valence-electron chi connectivity index (χ0n) is 12.4. The van der Waals surface area contributed by atoms with Gasteiger partial charge in [0.25, 0.3) is 10.0 Å². The molecule has 1 aromatic rings. The van der Waals surface area contributed by atoms with E-state index in [2.05, 4.69) is 24.1 Å². The van der Waals surface area contributed by atoms with E-state index in [4.69, 9.17) is 0 Å². The summed E-state index contributed by atoms with van der Waals surface area (Å²) in [6, 6.07) is 0.444. The van der Waals surface area contributed by atoms with Gasteiger partial charge in [-0.3, -0.25) is 0 Å². The molecular weight excluding hydrogens is 276 g/mol. The van der Waals surface area contributed by atoms with Gasteiger partial charge < -0.3 is 9.88 Å².